The highest BCUT2D eigenvalue weighted by Gasteiger charge is 2.25. The molecule has 1 saturated heterocycles. The van der Waals surface area contributed by atoms with E-state index in [4.69, 9.17) is 16.3 Å². The number of carbonyl (C=O) groups is 2. The van der Waals surface area contributed by atoms with Crippen LogP contribution in [0.1, 0.15) is 29.4 Å². The van der Waals surface area contributed by atoms with Gasteiger partial charge in [-0.1, -0.05) is 29.8 Å². The van der Waals surface area contributed by atoms with Crippen LogP contribution in [0.15, 0.2) is 30.3 Å². The van der Waals surface area contributed by atoms with Crippen LogP contribution in [0.5, 0.6) is 0 Å². The molecule has 0 aliphatic carbocycles. The highest BCUT2D eigenvalue weighted by atomic mass is 35.5. The molecule has 2 aromatic heterocycles. The second-order valence-electron chi connectivity index (χ2n) is 6.71. The van der Waals surface area contributed by atoms with Crippen molar-refractivity contribution in [3.05, 3.63) is 40.4 Å². The summed E-state index contributed by atoms with van der Waals surface area (Å²) in [7, 11) is 0. The smallest absolute Gasteiger partial charge is 0.409 e. The van der Waals surface area contributed by atoms with E-state index >= 15 is 0 Å². The summed E-state index contributed by atoms with van der Waals surface area (Å²) in [6.07, 6.45) is 1.13. The van der Waals surface area contributed by atoms with Crippen molar-refractivity contribution in [2.45, 2.75) is 25.8 Å². The highest BCUT2D eigenvalue weighted by molar-refractivity contribution is 7.21. The molecular formula is C20H20ClN3O3S. The minimum atomic E-state index is -0.286. The van der Waals surface area contributed by atoms with E-state index < -0.39 is 0 Å². The molecule has 1 aliphatic rings. The Bertz CT molecular complexity index is 1040. The molecule has 28 heavy (non-hydrogen) atoms. The molecule has 3 heterocycles. The first-order valence-electron chi connectivity index (χ1n) is 9.27. The zero-order chi connectivity index (χ0) is 19.7. The fourth-order valence-corrected chi connectivity index (χ4v) is 4.86. The van der Waals surface area contributed by atoms with Gasteiger partial charge in [0.15, 0.2) is 0 Å². The fraction of sp³-hybridized carbons (Fsp3) is 0.350. The monoisotopic (exact) mass is 417 g/mol. The number of hydrogen-bond acceptors (Lipinski definition) is 5. The predicted molar refractivity (Wildman–Crippen MR) is 111 cm³/mol. The summed E-state index contributed by atoms with van der Waals surface area (Å²) in [6.45, 7) is 3.32. The number of likely N-dealkylation sites (tertiary alicyclic amines) is 1. The molecule has 2 amide bonds. The number of nitrogens with one attached hydrogen (secondary N) is 1. The lowest BCUT2D eigenvalue weighted by atomic mass is 10.1. The van der Waals surface area contributed by atoms with Crippen LogP contribution in [0.4, 0.5) is 4.79 Å². The van der Waals surface area contributed by atoms with E-state index in [1.807, 2.05) is 30.3 Å². The maximum atomic E-state index is 12.8. The summed E-state index contributed by atoms with van der Waals surface area (Å²) < 4.78 is 6.00. The fourth-order valence-electron chi connectivity index (χ4n) is 3.46. The topological polar surface area (TPSA) is 71.5 Å². The molecule has 1 aromatic carbocycles. The van der Waals surface area contributed by atoms with Crippen LogP contribution in [-0.2, 0) is 4.74 Å². The number of carbonyl (C=O) groups excluding carboxylic acids is 2. The third kappa shape index (κ3) is 3.64. The van der Waals surface area contributed by atoms with Crippen molar-refractivity contribution in [2.75, 3.05) is 19.7 Å². The van der Waals surface area contributed by atoms with Crippen molar-refractivity contribution >= 4 is 55.9 Å². The maximum absolute atomic E-state index is 12.8. The molecule has 0 saturated carbocycles. The van der Waals surface area contributed by atoms with Crippen LogP contribution in [0.3, 0.4) is 0 Å². The van der Waals surface area contributed by atoms with Crippen molar-refractivity contribution < 1.29 is 14.3 Å². The number of halogens is 1. The second kappa shape index (κ2) is 7.93. The second-order valence-corrected chi connectivity index (χ2v) is 8.12. The van der Waals surface area contributed by atoms with Crippen molar-refractivity contribution in [1.29, 1.82) is 0 Å². The van der Waals surface area contributed by atoms with Gasteiger partial charge in [-0.25, -0.2) is 9.78 Å². The minimum Gasteiger partial charge on any atom is -0.450 e. The summed E-state index contributed by atoms with van der Waals surface area (Å²) >= 11 is 7.76. The Morgan fingerprint density at radius 2 is 2.04 bits per heavy atom. The van der Waals surface area contributed by atoms with Gasteiger partial charge in [-0.15, -0.1) is 11.3 Å². The number of nitrogens with zero attached hydrogens (tertiary/aromatic N) is 2. The molecule has 8 heteroatoms. The zero-order valence-corrected chi connectivity index (χ0v) is 17.0. The van der Waals surface area contributed by atoms with E-state index in [2.05, 4.69) is 10.3 Å². The molecule has 1 aliphatic heterocycles. The molecule has 6 nitrogen and oxygen atoms in total. The molecule has 0 unspecified atom stereocenters. The average Bonchev–Trinajstić information content (AvgIpc) is 3.15. The van der Waals surface area contributed by atoms with E-state index in [1.165, 1.54) is 11.3 Å². The summed E-state index contributed by atoms with van der Waals surface area (Å²) in [5, 5.41) is 5.29. The molecule has 4 rings (SSSR count). The third-order valence-electron chi connectivity index (χ3n) is 4.90. The molecule has 146 valence electrons. The molecule has 0 spiro atoms. The van der Waals surface area contributed by atoms with Crippen LogP contribution in [0.25, 0.3) is 21.0 Å². The lowest BCUT2D eigenvalue weighted by Gasteiger charge is -2.31. The summed E-state index contributed by atoms with van der Waals surface area (Å²) in [5.74, 6) is -0.115. The number of benzene rings is 1. The van der Waals surface area contributed by atoms with Crippen LogP contribution in [0, 0.1) is 0 Å². The number of ether oxygens (including phenoxy) is 1. The molecular weight excluding hydrogens is 398 g/mol. The number of rotatable bonds is 3. The summed E-state index contributed by atoms with van der Waals surface area (Å²) in [4.78, 5) is 31.3. The zero-order valence-electron chi connectivity index (χ0n) is 15.4. The quantitative estimate of drug-likeness (QED) is 0.639. The minimum absolute atomic E-state index is 0.0359. The van der Waals surface area contributed by atoms with E-state index in [9.17, 15) is 9.59 Å². The SMILES string of the molecule is CCOC(=O)N1CCC(NC(=O)c2cc3c(Cl)nc4ccccc4c3s2)CC1. The van der Waals surface area contributed by atoms with Gasteiger partial charge < -0.3 is 15.0 Å². The molecule has 0 radical (unpaired) electrons. The number of amides is 2. The Morgan fingerprint density at radius 3 is 2.79 bits per heavy atom. The van der Waals surface area contributed by atoms with Gasteiger partial charge in [-0.2, -0.15) is 0 Å². The van der Waals surface area contributed by atoms with E-state index in [-0.39, 0.29) is 18.0 Å². The molecule has 1 fully saturated rings. The number of thiophene rings is 1. The Morgan fingerprint density at radius 1 is 1.29 bits per heavy atom. The van der Waals surface area contributed by atoms with Crippen molar-refractivity contribution in [3.8, 4) is 0 Å². The first-order valence-corrected chi connectivity index (χ1v) is 10.5. The van der Waals surface area contributed by atoms with Gasteiger partial charge in [-0.05, 0) is 31.9 Å². The van der Waals surface area contributed by atoms with Gasteiger partial charge in [0.2, 0.25) is 0 Å². The van der Waals surface area contributed by atoms with Crippen molar-refractivity contribution in [3.63, 3.8) is 0 Å². The van der Waals surface area contributed by atoms with Gasteiger partial charge in [-0.3, -0.25) is 4.79 Å². The number of hydrogen-bond donors (Lipinski definition) is 1. The number of fused-ring (bicyclic) bond motifs is 3. The van der Waals surface area contributed by atoms with Crippen molar-refractivity contribution in [2.24, 2.45) is 0 Å². The highest BCUT2D eigenvalue weighted by Crippen LogP contribution is 2.35. The van der Waals surface area contributed by atoms with Crippen LogP contribution in [-0.4, -0.2) is 47.6 Å². The van der Waals surface area contributed by atoms with Gasteiger partial charge in [0.05, 0.1) is 17.0 Å². The Labute approximate surface area is 171 Å². The first-order chi connectivity index (χ1) is 13.6. The number of piperidine rings is 1. The number of para-hydroxylation sites is 1. The van der Waals surface area contributed by atoms with E-state index in [0.29, 0.717) is 42.6 Å². The molecule has 1 N–H and O–H groups in total. The van der Waals surface area contributed by atoms with Crippen LogP contribution in [0.2, 0.25) is 5.15 Å². The van der Waals surface area contributed by atoms with Gasteiger partial charge in [0.25, 0.3) is 5.91 Å². The molecule has 3 aromatic rings. The predicted octanol–water partition coefficient (Wildman–Crippen LogP) is 4.45. The van der Waals surface area contributed by atoms with Crippen molar-refractivity contribution in [1.82, 2.24) is 15.2 Å². The summed E-state index contributed by atoms with van der Waals surface area (Å²) in [6, 6.07) is 9.62. The lowest BCUT2D eigenvalue weighted by molar-refractivity contribution is 0.0863. The van der Waals surface area contributed by atoms with Crippen LogP contribution >= 0.6 is 22.9 Å². The largest absolute Gasteiger partial charge is 0.450 e. The third-order valence-corrected chi connectivity index (χ3v) is 6.36. The number of pyridine rings is 1. The molecule has 0 atom stereocenters. The van der Waals surface area contributed by atoms with E-state index in [1.54, 1.807) is 11.8 Å². The standard InChI is InChI=1S/C20H20ClN3O3S/c1-2-27-20(26)24-9-7-12(8-10-24)22-19(25)16-11-14-17(28-16)13-5-3-4-6-15(13)23-18(14)21/h3-6,11-12H,2,7-10H2,1H3,(H,22,25). The molecule has 0 bridgehead atoms. The number of aromatic nitrogens is 1. The van der Waals surface area contributed by atoms with Gasteiger partial charge in [0.1, 0.15) is 5.15 Å². The summed E-state index contributed by atoms with van der Waals surface area (Å²) in [5.41, 5.74) is 0.820. The average molecular weight is 418 g/mol. The van der Waals surface area contributed by atoms with Gasteiger partial charge >= 0.3 is 6.09 Å². The maximum Gasteiger partial charge on any atom is 0.409 e. The lowest BCUT2D eigenvalue weighted by Crippen LogP contribution is -2.46. The van der Waals surface area contributed by atoms with Crippen LogP contribution < -0.4 is 5.32 Å². The van der Waals surface area contributed by atoms with E-state index in [0.717, 1.165) is 21.0 Å². The Balaban J connectivity index is 1.49. The van der Waals surface area contributed by atoms with Gasteiger partial charge in [0, 0.05) is 34.6 Å². The normalized spacial score (nSPS) is 15.1. The Hall–Kier alpha value is -2.38. The first kappa shape index (κ1) is 19.0. The Kier molecular flexibility index (Phi) is 5.37.